The Morgan fingerprint density at radius 2 is 1.55 bits per heavy atom. The van der Waals surface area contributed by atoms with Gasteiger partial charge in [-0.1, -0.05) is 72.3 Å². The van der Waals surface area contributed by atoms with Crippen LogP contribution < -0.4 is 0 Å². The molecule has 0 heteroatoms. The standard InChI is InChI=1S/C20H20/c1-4-10-16-11-8-9-14-18(16)20(3)15(2)19(20)17-12-6-5-7-13-17/h4-14H,1-3H3/b10-4-. The number of rotatable bonds is 3. The Balaban J connectivity index is 2.05. The highest BCUT2D eigenvalue weighted by Crippen LogP contribution is 2.59. The summed E-state index contributed by atoms with van der Waals surface area (Å²) < 4.78 is 0. The predicted molar refractivity (Wildman–Crippen MR) is 87.5 cm³/mol. The number of benzene rings is 2. The highest BCUT2D eigenvalue weighted by molar-refractivity contribution is 5.96. The molecule has 2 aromatic carbocycles. The van der Waals surface area contributed by atoms with Crippen molar-refractivity contribution in [3.8, 4) is 0 Å². The Labute approximate surface area is 121 Å². The van der Waals surface area contributed by atoms with Gasteiger partial charge in [0.25, 0.3) is 0 Å². The van der Waals surface area contributed by atoms with Crippen LogP contribution in [0.15, 0.2) is 66.2 Å². The SMILES string of the molecule is C/C=C\c1ccccc1C1(C)C(C)=C1c1ccccc1. The maximum absolute atomic E-state index is 2.34. The van der Waals surface area contributed by atoms with Crippen LogP contribution in [0.2, 0.25) is 0 Å². The molecule has 0 fully saturated rings. The molecule has 20 heavy (non-hydrogen) atoms. The second-order valence-corrected chi connectivity index (χ2v) is 5.58. The smallest absolute Gasteiger partial charge is 0.0398 e. The molecule has 1 aliphatic rings. The van der Waals surface area contributed by atoms with Crippen LogP contribution in [0.25, 0.3) is 11.6 Å². The van der Waals surface area contributed by atoms with E-state index in [0.717, 1.165) is 0 Å². The third-order valence-electron chi connectivity index (χ3n) is 4.47. The first-order valence-corrected chi connectivity index (χ1v) is 7.19. The maximum Gasteiger partial charge on any atom is 0.0398 e. The van der Waals surface area contributed by atoms with E-state index in [9.17, 15) is 0 Å². The van der Waals surface area contributed by atoms with Crippen molar-refractivity contribution in [3.05, 3.63) is 82.9 Å². The van der Waals surface area contributed by atoms with Gasteiger partial charge in [-0.2, -0.15) is 0 Å². The molecule has 0 saturated carbocycles. The second-order valence-electron chi connectivity index (χ2n) is 5.58. The van der Waals surface area contributed by atoms with Gasteiger partial charge in [0.15, 0.2) is 0 Å². The van der Waals surface area contributed by atoms with E-state index >= 15 is 0 Å². The molecule has 0 heterocycles. The molecule has 0 aromatic heterocycles. The van der Waals surface area contributed by atoms with E-state index < -0.39 is 0 Å². The van der Waals surface area contributed by atoms with Crippen LogP contribution in [-0.4, -0.2) is 0 Å². The van der Waals surface area contributed by atoms with Crippen LogP contribution in [0.1, 0.15) is 37.5 Å². The molecule has 0 nitrogen and oxygen atoms in total. The molecule has 0 aliphatic heterocycles. The van der Waals surface area contributed by atoms with Gasteiger partial charge in [-0.3, -0.25) is 0 Å². The zero-order valence-corrected chi connectivity index (χ0v) is 12.4. The van der Waals surface area contributed by atoms with E-state index in [1.165, 1.54) is 27.8 Å². The average Bonchev–Trinajstić information content (AvgIpc) is 3.04. The van der Waals surface area contributed by atoms with Gasteiger partial charge in [0.1, 0.15) is 0 Å². The topological polar surface area (TPSA) is 0 Å². The third-order valence-corrected chi connectivity index (χ3v) is 4.47. The largest absolute Gasteiger partial charge is 0.0871 e. The Hall–Kier alpha value is -2.08. The minimum Gasteiger partial charge on any atom is -0.0871 e. The van der Waals surface area contributed by atoms with Crippen molar-refractivity contribution in [3.63, 3.8) is 0 Å². The summed E-state index contributed by atoms with van der Waals surface area (Å²) in [6.07, 6.45) is 4.32. The quantitative estimate of drug-likeness (QED) is 0.687. The van der Waals surface area contributed by atoms with E-state index in [1.807, 2.05) is 0 Å². The lowest BCUT2D eigenvalue weighted by Gasteiger charge is -2.18. The van der Waals surface area contributed by atoms with Crippen molar-refractivity contribution in [2.45, 2.75) is 26.2 Å². The summed E-state index contributed by atoms with van der Waals surface area (Å²) in [7, 11) is 0. The summed E-state index contributed by atoms with van der Waals surface area (Å²) >= 11 is 0. The first kappa shape index (κ1) is 12.9. The van der Waals surface area contributed by atoms with Gasteiger partial charge in [0.05, 0.1) is 0 Å². The van der Waals surface area contributed by atoms with Crippen molar-refractivity contribution in [1.29, 1.82) is 0 Å². The molecule has 0 saturated heterocycles. The lowest BCUT2D eigenvalue weighted by atomic mass is 9.85. The van der Waals surface area contributed by atoms with Crippen molar-refractivity contribution < 1.29 is 0 Å². The molecule has 1 unspecified atom stereocenters. The van der Waals surface area contributed by atoms with Gasteiger partial charge in [-0.25, -0.2) is 0 Å². The fraction of sp³-hybridized carbons (Fsp3) is 0.200. The van der Waals surface area contributed by atoms with E-state index in [2.05, 4.69) is 87.5 Å². The summed E-state index contributed by atoms with van der Waals surface area (Å²) in [6.45, 7) is 6.67. The minimum atomic E-state index is 0.0947. The normalized spacial score (nSPS) is 21.6. The molecule has 0 radical (unpaired) electrons. The van der Waals surface area contributed by atoms with Crippen molar-refractivity contribution >= 4 is 11.6 Å². The summed E-state index contributed by atoms with van der Waals surface area (Å²) in [5.74, 6) is 0. The predicted octanol–water partition coefficient (Wildman–Crippen LogP) is 5.46. The maximum atomic E-state index is 2.34. The van der Waals surface area contributed by atoms with Gasteiger partial charge >= 0.3 is 0 Å². The number of hydrogen-bond donors (Lipinski definition) is 0. The highest BCUT2D eigenvalue weighted by Gasteiger charge is 2.48. The monoisotopic (exact) mass is 260 g/mol. The first-order chi connectivity index (χ1) is 9.69. The molecule has 0 N–H and O–H groups in total. The van der Waals surface area contributed by atoms with Crippen LogP contribution in [0, 0.1) is 0 Å². The molecule has 1 aliphatic carbocycles. The minimum absolute atomic E-state index is 0.0947. The summed E-state index contributed by atoms with van der Waals surface area (Å²) in [4.78, 5) is 0. The van der Waals surface area contributed by atoms with E-state index in [4.69, 9.17) is 0 Å². The van der Waals surface area contributed by atoms with E-state index in [-0.39, 0.29) is 5.41 Å². The van der Waals surface area contributed by atoms with Crippen molar-refractivity contribution in [2.75, 3.05) is 0 Å². The Morgan fingerprint density at radius 3 is 2.25 bits per heavy atom. The van der Waals surface area contributed by atoms with Crippen LogP contribution in [0.3, 0.4) is 0 Å². The highest BCUT2D eigenvalue weighted by atomic mass is 14.5. The lowest BCUT2D eigenvalue weighted by molar-refractivity contribution is 0.842. The fourth-order valence-electron chi connectivity index (χ4n) is 3.26. The zero-order chi connectivity index (χ0) is 14.2. The van der Waals surface area contributed by atoms with Gasteiger partial charge < -0.3 is 0 Å². The van der Waals surface area contributed by atoms with Crippen molar-refractivity contribution in [2.24, 2.45) is 0 Å². The molecule has 100 valence electrons. The van der Waals surface area contributed by atoms with E-state index in [0.29, 0.717) is 0 Å². The molecular weight excluding hydrogens is 240 g/mol. The molecule has 1 atom stereocenters. The van der Waals surface area contributed by atoms with Gasteiger partial charge in [-0.15, -0.1) is 0 Å². The van der Waals surface area contributed by atoms with Crippen LogP contribution in [0.5, 0.6) is 0 Å². The summed E-state index contributed by atoms with van der Waals surface area (Å²) in [6, 6.07) is 19.4. The van der Waals surface area contributed by atoms with E-state index in [1.54, 1.807) is 0 Å². The van der Waals surface area contributed by atoms with Gasteiger partial charge in [0.2, 0.25) is 0 Å². The van der Waals surface area contributed by atoms with Gasteiger partial charge in [0, 0.05) is 5.41 Å². The Kier molecular flexibility index (Phi) is 3.10. The van der Waals surface area contributed by atoms with Crippen LogP contribution >= 0.6 is 0 Å². The number of hydrogen-bond acceptors (Lipinski definition) is 0. The molecular formula is C20H20. The first-order valence-electron chi connectivity index (χ1n) is 7.19. The van der Waals surface area contributed by atoms with Crippen LogP contribution in [-0.2, 0) is 5.41 Å². The summed E-state index contributed by atoms with van der Waals surface area (Å²) in [5.41, 5.74) is 7.15. The van der Waals surface area contributed by atoms with Gasteiger partial charge in [-0.05, 0) is 43.0 Å². The fourth-order valence-corrected chi connectivity index (χ4v) is 3.26. The molecule has 3 rings (SSSR count). The zero-order valence-electron chi connectivity index (χ0n) is 12.4. The van der Waals surface area contributed by atoms with Crippen molar-refractivity contribution in [1.82, 2.24) is 0 Å². The molecule has 0 amide bonds. The molecule has 0 spiro atoms. The Bertz CT molecular complexity index is 689. The third kappa shape index (κ3) is 1.84. The molecule has 2 aromatic rings. The average molecular weight is 260 g/mol. The second kappa shape index (κ2) is 4.79. The number of allylic oxidation sites excluding steroid dienone is 3. The summed E-state index contributed by atoms with van der Waals surface area (Å²) in [5, 5.41) is 0. The van der Waals surface area contributed by atoms with Crippen LogP contribution in [0.4, 0.5) is 0 Å². The Morgan fingerprint density at radius 1 is 0.900 bits per heavy atom. The molecule has 0 bridgehead atoms. The lowest BCUT2D eigenvalue weighted by Crippen LogP contribution is -2.09.